The van der Waals surface area contributed by atoms with Crippen LogP contribution in [0.5, 0.6) is 0 Å². The number of rotatable bonds is 9. The van der Waals surface area contributed by atoms with Gasteiger partial charge in [0.1, 0.15) is 0 Å². The van der Waals surface area contributed by atoms with Crippen LogP contribution < -0.4 is 4.90 Å². The van der Waals surface area contributed by atoms with Crippen LogP contribution in [-0.2, 0) is 5.41 Å². The van der Waals surface area contributed by atoms with Crippen molar-refractivity contribution in [2.45, 2.75) is 5.41 Å². The van der Waals surface area contributed by atoms with E-state index in [0.29, 0.717) is 0 Å². The summed E-state index contributed by atoms with van der Waals surface area (Å²) in [6.07, 6.45) is 0. The minimum Gasteiger partial charge on any atom is -0.310 e. The SMILES string of the molecule is c1ccc(-c2ccc(N(c3ccc(-c4cc(-c5ccccc5)ccc4-c4ccccc4)cc3)c3ccc4c(c3)-c3ccccc3C4(c3ccccc3)c3ccccc3)cc2)cc1. The standard InChI is InChI=1S/C61H43N/c1-6-18-44(19-7-1)46-30-35-52(36-31-46)62(53-37-32-48(33-38-53)57-42-49(45-20-8-2-9-21-45)34-40-55(57)47-22-10-3-11-23-47)54-39-41-60-58(43-54)56-28-16-17-29-59(56)61(60,50-24-12-4-13-25-50)51-26-14-5-15-27-51/h1-43H. The predicted molar refractivity (Wildman–Crippen MR) is 260 cm³/mol. The maximum atomic E-state index is 2.41. The first kappa shape index (κ1) is 37.0. The van der Waals surface area contributed by atoms with E-state index >= 15 is 0 Å². The molecule has 0 saturated carbocycles. The normalized spacial score (nSPS) is 12.3. The fraction of sp³-hybridized carbons (Fsp3) is 0.0164. The van der Waals surface area contributed by atoms with Crippen LogP contribution in [0.3, 0.4) is 0 Å². The molecule has 0 amide bonds. The lowest BCUT2D eigenvalue weighted by Gasteiger charge is -2.34. The highest BCUT2D eigenvalue weighted by molar-refractivity contribution is 5.92. The summed E-state index contributed by atoms with van der Waals surface area (Å²) in [7, 11) is 0. The van der Waals surface area contributed by atoms with Crippen molar-refractivity contribution in [2.24, 2.45) is 0 Å². The average Bonchev–Trinajstić information content (AvgIpc) is 3.66. The molecule has 10 aromatic carbocycles. The van der Waals surface area contributed by atoms with Crippen LogP contribution in [0.15, 0.2) is 261 Å². The third kappa shape index (κ3) is 6.43. The van der Waals surface area contributed by atoms with E-state index in [1.54, 1.807) is 0 Å². The lowest BCUT2D eigenvalue weighted by Crippen LogP contribution is -2.28. The van der Waals surface area contributed by atoms with E-state index in [1.807, 2.05) is 0 Å². The van der Waals surface area contributed by atoms with E-state index in [4.69, 9.17) is 0 Å². The first-order chi connectivity index (χ1) is 30.8. The van der Waals surface area contributed by atoms with Crippen molar-refractivity contribution < 1.29 is 0 Å². The zero-order chi connectivity index (χ0) is 41.3. The molecule has 0 N–H and O–H groups in total. The van der Waals surface area contributed by atoms with Gasteiger partial charge in [0.25, 0.3) is 0 Å². The Morgan fingerprint density at radius 2 is 0.629 bits per heavy atom. The largest absolute Gasteiger partial charge is 0.310 e. The van der Waals surface area contributed by atoms with Gasteiger partial charge in [0.2, 0.25) is 0 Å². The molecule has 11 rings (SSSR count). The summed E-state index contributed by atoms with van der Waals surface area (Å²) < 4.78 is 0. The maximum absolute atomic E-state index is 2.41. The first-order valence-corrected chi connectivity index (χ1v) is 21.4. The van der Waals surface area contributed by atoms with Crippen molar-refractivity contribution in [3.8, 4) is 55.6 Å². The van der Waals surface area contributed by atoms with Gasteiger partial charge in [-0.1, -0.05) is 218 Å². The van der Waals surface area contributed by atoms with Crippen molar-refractivity contribution in [1.29, 1.82) is 0 Å². The molecule has 1 aliphatic carbocycles. The van der Waals surface area contributed by atoms with Gasteiger partial charge in [0.05, 0.1) is 5.41 Å². The molecule has 0 aromatic heterocycles. The Morgan fingerprint density at radius 1 is 0.226 bits per heavy atom. The van der Waals surface area contributed by atoms with Gasteiger partial charge in [-0.25, -0.2) is 0 Å². The van der Waals surface area contributed by atoms with Gasteiger partial charge in [-0.2, -0.15) is 0 Å². The summed E-state index contributed by atoms with van der Waals surface area (Å²) in [5.74, 6) is 0. The smallest absolute Gasteiger partial charge is 0.0713 e. The molecule has 0 aliphatic heterocycles. The molecule has 62 heavy (non-hydrogen) atoms. The lowest BCUT2D eigenvalue weighted by atomic mass is 9.68. The molecular weight excluding hydrogens is 747 g/mol. The van der Waals surface area contributed by atoms with E-state index in [0.717, 1.165) is 17.1 Å². The zero-order valence-electron chi connectivity index (χ0n) is 34.3. The van der Waals surface area contributed by atoms with Gasteiger partial charge >= 0.3 is 0 Å². The topological polar surface area (TPSA) is 3.24 Å². The second-order valence-corrected chi connectivity index (χ2v) is 16.0. The van der Waals surface area contributed by atoms with Gasteiger partial charge in [0.15, 0.2) is 0 Å². The highest BCUT2D eigenvalue weighted by atomic mass is 15.1. The highest BCUT2D eigenvalue weighted by Crippen LogP contribution is 2.57. The molecule has 10 aromatic rings. The molecule has 0 fully saturated rings. The van der Waals surface area contributed by atoms with Crippen LogP contribution in [-0.4, -0.2) is 0 Å². The van der Waals surface area contributed by atoms with Crippen LogP contribution in [0.4, 0.5) is 17.1 Å². The third-order valence-electron chi connectivity index (χ3n) is 12.6. The maximum Gasteiger partial charge on any atom is 0.0713 e. The molecule has 1 heteroatoms. The van der Waals surface area contributed by atoms with Gasteiger partial charge in [-0.15, -0.1) is 0 Å². The number of fused-ring (bicyclic) bond motifs is 3. The predicted octanol–water partition coefficient (Wildman–Crippen LogP) is 16.2. The number of hydrogen-bond donors (Lipinski definition) is 0. The molecule has 0 bridgehead atoms. The first-order valence-electron chi connectivity index (χ1n) is 21.4. The third-order valence-corrected chi connectivity index (χ3v) is 12.6. The van der Waals surface area contributed by atoms with Crippen LogP contribution in [0.2, 0.25) is 0 Å². The molecule has 0 atom stereocenters. The molecule has 0 saturated heterocycles. The van der Waals surface area contributed by atoms with Gasteiger partial charge in [-0.05, 0) is 120 Å². The van der Waals surface area contributed by atoms with E-state index in [-0.39, 0.29) is 0 Å². The summed E-state index contributed by atoms with van der Waals surface area (Å²) in [6.45, 7) is 0. The minimum absolute atomic E-state index is 0.457. The zero-order valence-corrected chi connectivity index (χ0v) is 34.3. The lowest BCUT2D eigenvalue weighted by molar-refractivity contribution is 0.768. The second-order valence-electron chi connectivity index (χ2n) is 16.0. The van der Waals surface area contributed by atoms with Crippen molar-refractivity contribution >= 4 is 17.1 Å². The molecule has 0 radical (unpaired) electrons. The Bertz CT molecular complexity index is 3080. The van der Waals surface area contributed by atoms with Crippen molar-refractivity contribution in [2.75, 3.05) is 4.90 Å². The Labute approximate surface area is 364 Å². The number of hydrogen-bond acceptors (Lipinski definition) is 1. The van der Waals surface area contributed by atoms with Crippen molar-refractivity contribution in [1.82, 2.24) is 0 Å². The Kier molecular flexibility index (Phi) is 9.48. The fourth-order valence-corrected chi connectivity index (χ4v) is 9.71. The molecule has 0 spiro atoms. The average molecular weight is 790 g/mol. The van der Waals surface area contributed by atoms with Gasteiger partial charge in [0, 0.05) is 17.1 Å². The summed E-state index contributed by atoms with van der Waals surface area (Å²) in [5.41, 5.74) is 20.1. The van der Waals surface area contributed by atoms with Crippen LogP contribution in [0.25, 0.3) is 55.6 Å². The monoisotopic (exact) mass is 789 g/mol. The molecule has 1 nitrogen and oxygen atoms in total. The van der Waals surface area contributed by atoms with E-state index in [9.17, 15) is 0 Å². The number of benzene rings is 10. The summed E-state index contributed by atoms with van der Waals surface area (Å²) >= 11 is 0. The quantitative estimate of drug-likeness (QED) is 0.141. The van der Waals surface area contributed by atoms with Crippen molar-refractivity contribution in [3.05, 3.63) is 283 Å². The Hall–Kier alpha value is -8.00. The molecule has 0 heterocycles. The van der Waals surface area contributed by atoms with Crippen LogP contribution in [0, 0.1) is 0 Å². The summed E-state index contributed by atoms with van der Waals surface area (Å²) in [4.78, 5) is 2.41. The fourth-order valence-electron chi connectivity index (χ4n) is 9.71. The van der Waals surface area contributed by atoms with Gasteiger partial charge < -0.3 is 4.90 Å². The number of nitrogens with zero attached hydrogens (tertiary/aromatic N) is 1. The molecular formula is C61H43N. The van der Waals surface area contributed by atoms with Crippen LogP contribution >= 0.6 is 0 Å². The van der Waals surface area contributed by atoms with E-state index in [1.165, 1.54) is 77.9 Å². The van der Waals surface area contributed by atoms with Crippen molar-refractivity contribution in [3.63, 3.8) is 0 Å². The summed E-state index contributed by atoms with van der Waals surface area (Å²) in [6, 6.07) is 95.1. The molecule has 0 unspecified atom stereocenters. The van der Waals surface area contributed by atoms with E-state index < -0.39 is 5.41 Å². The highest BCUT2D eigenvalue weighted by Gasteiger charge is 2.46. The molecule has 1 aliphatic rings. The summed E-state index contributed by atoms with van der Waals surface area (Å²) in [5, 5.41) is 0. The second kappa shape index (κ2) is 15.9. The molecule has 292 valence electrons. The van der Waals surface area contributed by atoms with Crippen LogP contribution in [0.1, 0.15) is 22.3 Å². The Balaban J connectivity index is 1.08. The van der Waals surface area contributed by atoms with Gasteiger partial charge in [-0.3, -0.25) is 0 Å². The Morgan fingerprint density at radius 3 is 1.21 bits per heavy atom. The number of anilines is 3. The van der Waals surface area contributed by atoms with E-state index in [2.05, 4.69) is 266 Å². The minimum atomic E-state index is -0.457.